The summed E-state index contributed by atoms with van der Waals surface area (Å²) >= 11 is 0. The smallest absolute Gasteiger partial charge is 0.306 e. The lowest BCUT2D eigenvalue weighted by molar-refractivity contribution is -0.151. The Morgan fingerprint density at radius 1 is 1.20 bits per heavy atom. The lowest BCUT2D eigenvalue weighted by Crippen LogP contribution is -2.26. The van der Waals surface area contributed by atoms with Gasteiger partial charge in [0.25, 0.3) is 0 Å². The van der Waals surface area contributed by atoms with Gasteiger partial charge in [0.15, 0.2) is 0 Å². The van der Waals surface area contributed by atoms with E-state index in [1.165, 1.54) is 5.56 Å². The standard InChI is InChI=1S/C25H35NO4/c1-3-5-7-13-25(28)30-24-18-23(26-29)21(22(24)10-4-2)17-16-20(27)15-14-19-11-8-6-9-12-19/h3-4,6,8-9,11-12,20-24,27H,1-2,5,7,10,13-18H2/t20-,21+,22+,23+,24-/m0/s1. The molecule has 1 fully saturated rings. The number of allylic oxidation sites excluding steroid dienone is 2. The highest BCUT2D eigenvalue weighted by molar-refractivity contribution is 5.69. The number of carbonyl (C=O) groups excluding carboxylic acids is 1. The van der Waals surface area contributed by atoms with E-state index in [0.29, 0.717) is 44.9 Å². The Morgan fingerprint density at radius 2 is 1.97 bits per heavy atom. The molecule has 1 saturated carbocycles. The zero-order valence-electron chi connectivity index (χ0n) is 17.8. The number of carbonyl (C=O) groups is 1. The number of aryl methyl sites for hydroxylation is 1. The van der Waals surface area contributed by atoms with Gasteiger partial charge in [-0.25, -0.2) is 0 Å². The highest BCUT2D eigenvalue weighted by Crippen LogP contribution is 2.42. The Balaban J connectivity index is 1.89. The van der Waals surface area contributed by atoms with Gasteiger partial charge in [0.1, 0.15) is 6.10 Å². The van der Waals surface area contributed by atoms with Crippen molar-refractivity contribution in [2.45, 2.75) is 76.0 Å². The van der Waals surface area contributed by atoms with Crippen molar-refractivity contribution < 1.29 is 14.6 Å². The van der Waals surface area contributed by atoms with E-state index in [1.54, 1.807) is 6.08 Å². The van der Waals surface area contributed by atoms with Gasteiger partial charge in [0, 0.05) is 18.8 Å². The van der Waals surface area contributed by atoms with E-state index in [0.717, 1.165) is 12.8 Å². The topological polar surface area (TPSA) is 76.0 Å². The van der Waals surface area contributed by atoms with Crippen LogP contribution in [-0.2, 0) is 16.0 Å². The molecule has 5 atom stereocenters. The van der Waals surface area contributed by atoms with Gasteiger partial charge in [-0.05, 0) is 56.4 Å². The molecule has 30 heavy (non-hydrogen) atoms. The minimum Gasteiger partial charge on any atom is -0.462 e. The van der Waals surface area contributed by atoms with Crippen molar-refractivity contribution in [1.29, 1.82) is 0 Å². The van der Waals surface area contributed by atoms with E-state index in [9.17, 15) is 14.8 Å². The average molecular weight is 414 g/mol. The van der Waals surface area contributed by atoms with E-state index >= 15 is 0 Å². The predicted molar refractivity (Wildman–Crippen MR) is 120 cm³/mol. The summed E-state index contributed by atoms with van der Waals surface area (Å²) in [5.74, 6) is -0.211. The van der Waals surface area contributed by atoms with Crippen LogP contribution in [0, 0.1) is 16.7 Å². The molecule has 5 nitrogen and oxygen atoms in total. The van der Waals surface area contributed by atoms with Crippen LogP contribution in [0.3, 0.4) is 0 Å². The zero-order valence-corrected chi connectivity index (χ0v) is 17.8. The number of aliphatic hydroxyl groups is 1. The molecule has 1 aliphatic rings. The van der Waals surface area contributed by atoms with Gasteiger partial charge in [-0.2, -0.15) is 4.91 Å². The van der Waals surface area contributed by atoms with Gasteiger partial charge in [-0.1, -0.05) is 47.7 Å². The maximum Gasteiger partial charge on any atom is 0.306 e. The first-order chi connectivity index (χ1) is 14.6. The Labute approximate surface area is 180 Å². The van der Waals surface area contributed by atoms with Gasteiger partial charge in [0.2, 0.25) is 0 Å². The number of nitroso groups, excluding NO2 is 1. The molecule has 0 saturated heterocycles. The van der Waals surface area contributed by atoms with Crippen molar-refractivity contribution in [3.05, 3.63) is 66.1 Å². The number of hydrogen-bond acceptors (Lipinski definition) is 5. The monoisotopic (exact) mass is 413 g/mol. The molecule has 0 amide bonds. The normalized spacial score (nSPS) is 24.2. The molecule has 1 N–H and O–H groups in total. The first kappa shape index (κ1) is 24.0. The first-order valence-electron chi connectivity index (χ1n) is 11.0. The first-order valence-corrected chi connectivity index (χ1v) is 11.0. The lowest BCUT2D eigenvalue weighted by atomic mass is 9.85. The van der Waals surface area contributed by atoms with E-state index in [-0.39, 0.29) is 30.0 Å². The van der Waals surface area contributed by atoms with Crippen LogP contribution in [-0.4, -0.2) is 29.3 Å². The molecule has 0 radical (unpaired) electrons. The third kappa shape index (κ3) is 7.52. The van der Waals surface area contributed by atoms with Crippen LogP contribution < -0.4 is 0 Å². The summed E-state index contributed by atoms with van der Waals surface area (Å²) in [5, 5.41) is 13.8. The van der Waals surface area contributed by atoms with E-state index in [4.69, 9.17) is 4.74 Å². The SMILES string of the molecule is C=CCCCC(=O)O[C@H]1C[C@@H](N=O)[C@H](CC[C@@H](O)CCc2ccccc2)[C@H]1CC=C. The fourth-order valence-corrected chi connectivity index (χ4v) is 4.46. The van der Waals surface area contributed by atoms with Gasteiger partial charge >= 0.3 is 5.97 Å². The maximum absolute atomic E-state index is 12.2. The molecule has 0 bridgehead atoms. The molecule has 0 heterocycles. The lowest BCUT2D eigenvalue weighted by Gasteiger charge is -2.25. The number of nitrogens with zero attached hydrogens (tertiary/aromatic N) is 1. The van der Waals surface area contributed by atoms with Crippen molar-refractivity contribution in [2.75, 3.05) is 0 Å². The summed E-state index contributed by atoms with van der Waals surface area (Å²) in [5.41, 5.74) is 1.21. The zero-order chi connectivity index (χ0) is 21.8. The molecular formula is C25H35NO4. The number of ether oxygens (including phenoxy) is 1. The van der Waals surface area contributed by atoms with Crippen LogP contribution in [0.2, 0.25) is 0 Å². The summed E-state index contributed by atoms with van der Waals surface area (Å²) in [7, 11) is 0. The second-order valence-corrected chi connectivity index (χ2v) is 8.23. The molecule has 0 unspecified atom stereocenters. The Morgan fingerprint density at radius 3 is 2.63 bits per heavy atom. The maximum atomic E-state index is 12.2. The van der Waals surface area contributed by atoms with Crippen molar-refractivity contribution in [3.63, 3.8) is 0 Å². The summed E-state index contributed by atoms with van der Waals surface area (Å²) in [4.78, 5) is 23.7. The summed E-state index contributed by atoms with van der Waals surface area (Å²) < 4.78 is 5.72. The number of unbranched alkanes of at least 4 members (excludes halogenated alkanes) is 1. The third-order valence-electron chi connectivity index (χ3n) is 6.08. The molecule has 0 aliphatic heterocycles. The number of esters is 1. The van der Waals surface area contributed by atoms with E-state index in [1.807, 2.05) is 24.3 Å². The van der Waals surface area contributed by atoms with Crippen LogP contribution in [0.1, 0.15) is 56.9 Å². The predicted octanol–water partition coefficient (Wildman–Crippen LogP) is 5.38. The third-order valence-corrected chi connectivity index (χ3v) is 6.08. The van der Waals surface area contributed by atoms with Crippen LogP contribution >= 0.6 is 0 Å². The second kappa shape index (κ2) is 13.1. The minimum atomic E-state index is -0.428. The van der Waals surface area contributed by atoms with Gasteiger partial charge in [-0.3, -0.25) is 4.79 Å². The summed E-state index contributed by atoms with van der Waals surface area (Å²) in [6, 6.07) is 9.71. The Bertz CT molecular complexity index is 675. The largest absolute Gasteiger partial charge is 0.462 e. The highest BCUT2D eigenvalue weighted by Gasteiger charge is 2.45. The van der Waals surface area contributed by atoms with Gasteiger partial charge in [0.05, 0.1) is 12.1 Å². The molecule has 5 heteroatoms. The van der Waals surface area contributed by atoms with Crippen LogP contribution in [0.4, 0.5) is 0 Å². The second-order valence-electron chi connectivity index (χ2n) is 8.23. The number of benzene rings is 1. The molecule has 1 aliphatic carbocycles. The minimum absolute atomic E-state index is 0.00199. The van der Waals surface area contributed by atoms with Crippen LogP contribution in [0.5, 0.6) is 0 Å². The summed E-state index contributed by atoms with van der Waals surface area (Å²) in [6.07, 6.45) is 8.64. The fraction of sp³-hybridized carbons (Fsp3) is 0.560. The molecule has 164 valence electrons. The Hall–Kier alpha value is -2.27. The van der Waals surface area contributed by atoms with Crippen LogP contribution in [0.15, 0.2) is 60.8 Å². The molecule has 1 aromatic carbocycles. The molecule has 2 rings (SSSR count). The average Bonchev–Trinajstić information content (AvgIpc) is 3.08. The van der Waals surface area contributed by atoms with E-state index < -0.39 is 6.10 Å². The number of hydrogen-bond donors (Lipinski definition) is 1. The summed E-state index contributed by atoms with van der Waals surface area (Å²) in [6.45, 7) is 7.49. The van der Waals surface area contributed by atoms with Crippen molar-refractivity contribution in [1.82, 2.24) is 0 Å². The van der Waals surface area contributed by atoms with Crippen LogP contribution in [0.25, 0.3) is 0 Å². The molecule has 1 aromatic rings. The van der Waals surface area contributed by atoms with Crippen molar-refractivity contribution >= 4 is 5.97 Å². The van der Waals surface area contributed by atoms with Gasteiger partial charge in [-0.15, -0.1) is 13.2 Å². The molecule has 0 aromatic heterocycles. The highest BCUT2D eigenvalue weighted by atomic mass is 16.5. The van der Waals surface area contributed by atoms with Gasteiger partial charge < -0.3 is 9.84 Å². The van der Waals surface area contributed by atoms with Crippen molar-refractivity contribution in [2.24, 2.45) is 17.0 Å². The number of aliphatic hydroxyl groups excluding tert-OH is 1. The fourth-order valence-electron chi connectivity index (χ4n) is 4.46. The molecule has 0 spiro atoms. The Kier molecular flexibility index (Phi) is 10.5. The number of rotatable bonds is 14. The van der Waals surface area contributed by atoms with E-state index in [2.05, 4.69) is 30.5 Å². The quantitative estimate of drug-likeness (QED) is 0.192. The van der Waals surface area contributed by atoms with Crippen molar-refractivity contribution in [3.8, 4) is 0 Å². The molecular weight excluding hydrogens is 378 g/mol.